The molecule has 2 nitrogen and oxygen atoms in total. The molecule has 0 fully saturated rings. The lowest BCUT2D eigenvalue weighted by atomic mass is 9.85. The van der Waals surface area contributed by atoms with E-state index in [1.807, 2.05) is 12.2 Å². The molecule has 0 spiro atoms. The minimum absolute atomic E-state index is 0.971. The molecule has 2 heteroatoms. The number of para-hydroxylation sites is 3. The average molecular weight is 699 g/mol. The predicted molar refractivity (Wildman–Crippen MR) is 237 cm³/mol. The second-order valence-corrected chi connectivity index (χ2v) is 14.5. The topological polar surface area (TPSA) is 17.3 Å². The fourth-order valence-electron chi connectivity index (χ4n) is 8.87. The van der Waals surface area contributed by atoms with Crippen LogP contribution < -0.4 is 0 Å². The van der Waals surface area contributed by atoms with Crippen molar-refractivity contribution in [2.24, 2.45) is 0 Å². The molecule has 0 bridgehead atoms. The van der Waals surface area contributed by atoms with Crippen LogP contribution in [0.1, 0.15) is 5.56 Å². The van der Waals surface area contributed by atoms with Gasteiger partial charge < -0.3 is 0 Å². The molecule has 9 aromatic carbocycles. The van der Waals surface area contributed by atoms with Crippen LogP contribution >= 0.6 is 0 Å². The van der Waals surface area contributed by atoms with E-state index in [9.17, 15) is 0 Å². The van der Waals surface area contributed by atoms with Crippen LogP contribution in [0, 0.1) is 0 Å². The van der Waals surface area contributed by atoms with Crippen molar-refractivity contribution in [2.45, 2.75) is 0 Å². The van der Waals surface area contributed by atoms with E-state index in [0.717, 1.165) is 33.2 Å². The van der Waals surface area contributed by atoms with Gasteiger partial charge in [-0.25, -0.2) is 4.98 Å². The van der Waals surface area contributed by atoms with Crippen molar-refractivity contribution < 1.29 is 0 Å². The summed E-state index contributed by atoms with van der Waals surface area (Å²) in [5, 5.41) is 13.3. The molecule has 55 heavy (non-hydrogen) atoms. The van der Waals surface area contributed by atoms with E-state index in [4.69, 9.17) is 4.98 Å². The number of fused-ring (bicyclic) bond motifs is 12. The molecule has 11 aromatic rings. The molecule has 0 atom stereocenters. The number of nitrogens with zero attached hydrogens (tertiary/aromatic N) is 2. The standard InChI is InChI=1S/C53H34N2/c1-3-4-13-33(2)51-41-16-7-5-14-38(41)32-47-46(51)31-39-15-6-8-17-42(39)52(47)40-25-24-34-28-35(22-23-36(34)29-40)37-26-27-44-45(30-37)43-18-9-11-20-49(43)55-50-21-12-10-19-48(50)54-53(44)55/h3-32H,1-2H2/b13-4-. The van der Waals surface area contributed by atoms with Gasteiger partial charge in [0.2, 0.25) is 0 Å². The zero-order chi connectivity index (χ0) is 36.6. The minimum Gasteiger partial charge on any atom is -0.292 e. The van der Waals surface area contributed by atoms with E-state index in [0.29, 0.717) is 0 Å². The lowest BCUT2D eigenvalue weighted by Crippen LogP contribution is -1.92. The lowest BCUT2D eigenvalue weighted by Gasteiger charge is -2.18. The normalized spacial score (nSPS) is 12.1. The Morgan fingerprint density at radius 2 is 1.09 bits per heavy atom. The maximum Gasteiger partial charge on any atom is 0.146 e. The zero-order valence-electron chi connectivity index (χ0n) is 30.1. The maximum absolute atomic E-state index is 5.10. The van der Waals surface area contributed by atoms with Crippen LogP contribution in [0.3, 0.4) is 0 Å². The van der Waals surface area contributed by atoms with Gasteiger partial charge >= 0.3 is 0 Å². The predicted octanol–water partition coefficient (Wildman–Crippen LogP) is 14.5. The summed E-state index contributed by atoms with van der Waals surface area (Å²) in [5.41, 5.74) is 11.2. The quantitative estimate of drug-likeness (QED) is 0.0993. The van der Waals surface area contributed by atoms with Crippen molar-refractivity contribution in [1.82, 2.24) is 9.38 Å². The number of rotatable bonds is 5. The molecule has 11 rings (SSSR count). The molecule has 0 unspecified atom stereocenters. The Balaban J connectivity index is 1.09. The highest BCUT2D eigenvalue weighted by atomic mass is 15.0. The average Bonchev–Trinajstić information content (AvgIpc) is 3.63. The molecule has 0 aliphatic heterocycles. The van der Waals surface area contributed by atoms with Gasteiger partial charge in [-0.05, 0) is 136 Å². The Bertz CT molecular complexity index is 3470. The van der Waals surface area contributed by atoms with Gasteiger partial charge in [0.1, 0.15) is 5.65 Å². The second-order valence-electron chi connectivity index (χ2n) is 14.5. The van der Waals surface area contributed by atoms with Crippen LogP contribution in [-0.2, 0) is 0 Å². The molecule has 256 valence electrons. The van der Waals surface area contributed by atoms with E-state index in [1.165, 1.54) is 81.6 Å². The third-order valence-corrected chi connectivity index (χ3v) is 11.4. The Labute approximate surface area is 318 Å². The van der Waals surface area contributed by atoms with Crippen molar-refractivity contribution >= 4 is 87.0 Å². The summed E-state index contributed by atoms with van der Waals surface area (Å²) in [6.45, 7) is 8.44. The van der Waals surface area contributed by atoms with Crippen molar-refractivity contribution in [1.29, 1.82) is 0 Å². The number of hydrogen-bond acceptors (Lipinski definition) is 1. The number of benzene rings is 9. The van der Waals surface area contributed by atoms with Crippen molar-refractivity contribution in [3.8, 4) is 22.3 Å². The van der Waals surface area contributed by atoms with Gasteiger partial charge in [0, 0.05) is 10.8 Å². The smallest absolute Gasteiger partial charge is 0.146 e. The third kappa shape index (κ3) is 4.78. The Hall–Kier alpha value is -7.29. The molecule has 0 saturated carbocycles. The maximum atomic E-state index is 5.10. The highest BCUT2D eigenvalue weighted by molar-refractivity contribution is 6.21. The van der Waals surface area contributed by atoms with Crippen molar-refractivity contribution in [2.75, 3.05) is 0 Å². The first-order chi connectivity index (χ1) is 27.1. The highest BCUT2D eigenvalue weighted by Crippen LogP contribution is 2.43. The lowest BCUT2D eigenvalue weighted by molar-refractivity contribution is 1.31. The number of hydrogen-bond donors (Lipinski definition) is 0. The van der Waals surface area contributed by atoms with E-state index in [1.54, 1.807) is 0 Å². The van der Waals surface area contributed by atoms with Crippen LogP contribution in [0.2, 0.25) is 0 Å². The van der Waals surface area contributed by atoms with Crippen LogP contribution in [0.4, 0.5) is 0 Å². The summed E-state index contributed by atoms with van der Waals surface area (Å²) in [4.78, 5) is 5.10. The first kappa shape index (κ1) is 31.3. The summed E-state index contributed by atoms with van der Waals surface area (Å²) in [5.74, 6) is 0. The summed E-state index contributed by atoms with van der Waals surface area (Å²) in [6.07, 6.45) is 5.84. The molecule has 2 heterocycles. The molecular formula is C53H34N2. The molecule has 0 N–H and O–H groups in total. The van der Waals surface area contributed by atoms with Gasteiger partial charge in [0.15, 0.2) is 0 Å². The molecular weight excluding hydrogens is 665 g/mol. The minimum atomic E-state index is 0.971. The summed E-state index contributed by atoms with van der Waals surface area (Å²) in [7, 11) is 0. The van der Waals surface area contributed by atoms with E-state index < -0.39 is 0 Å². The van der Waals surface area contributed by atoms with Crippen LogP contribution in [0.25, 0.3) is 109 Å². The first-order valence-electron chi connectivity index (χ1n) is 18.8. The fourth-order valence-corrected chi connectivity index (χ4v) is 8.87. The number of imidazole rings is 1. The van der Waals surface area contributed by atoms with Crippen LogP contribution in [0.5, 0.6) is 0 Å². The van der Waals surface area contributed by atoms with E-state index >= 15 is 0 Å². The Morgan fingerprint density at radius 1 is 0.473 bits per heavy atom. The largest absolute Gasteiger partial charge is 0.292 e. The fraction of sp³-hybridized carbons (Fsp3) is 0. The van der Waals surface area contributed by atoms with Crippen molar-refractivity contribution in [3.05, 3.63) is 201 Å². The molecule has 0 aliphatic carbocycles. The zero-order valence-corrected chi connectivity index (χ0v) is 30.1. The summed E-state index contributed by atoms with van der Waals surface area (Å²) < 4.78 is 2.30. The second kappa shape index (κ2) is 12.1. The molecule has 0 aliphatic rings. The van der Waals surface area contributed by atoms with Gasteiger partial charge in [-0.15, -0.1) is 0 Å². The van der Waals surface area contributed by atoms with Gasteiger partial charge in [-0.3, -0.25) is 4.40 Å². The molecule has 0 amide bonds. The van der Waals surface area contributed by atoms with Gasteiger partial charge in [0.25, 0.3) is 0 Å². The number of allylic oxidation sites excluding steroid dienone is 4. The molecule has 0 radical (unpaired) electrons. The van der Waals surface area contributed by atoms with E-state index in [-0.39, 0.29) is 0 Å². The Morgan fingerprint density at radius 3 is 1.91 bits per heavy atom. The molecule has 0 saturated heterocycles. The molecule has 2 aromatic heterocycles. The van der Waals surface area contributed by atoms with E-state index in [2.05, 4.69) is 187 Å². The Kier molecular flexibility index (Phi) is 6.89. The first-order valence-corrected chi connectivity index (χ1v) is 18.8. The summed E-state index contributed by atoms with van der Waals surface area (Å²) in [6, 6.07) is 59.8. The van der Waals surface area contributed by atoms with Crippen molar-refractivity contribution in [3.63, 3.8) is 0 Å². The van der Waals surface area contributed by atoms with Crippen LogP contribution in [-0.4, -0.2) is 9.38 Å². The van der Waals surface area contributed by atoms with Crippen LogP contribution in [0.15, 0.2) is 195 Å². The third-order valence-electron chi connectivity index (χ3n) is 11.4. The van der Waals surface area contributed by atoms with Gasteiger partial charge in [0.05, 0.1) is 16.6 Å². The number of aromatic nitrogens is 2. The monoisotopic (exact) mass is 698 g/mol. The summed E-state index contributed by atoms with van der Waals surface area (Å²) >= 11 is 0. The SMILES string of the molecule is C=C/C=C\C(=C)c1c2ccccc2cc2c(-c3ccc4cc(-c5ccc6c(c5)c5ccccc5n5c7ccccc7nc65)ccc4c3)c3ccccc3cc12. The highest BCUT2D eigenvalue weighted by Gasteiger charge is 2.18. The van der Waals surface area contributed by atoms with Gasteiger partial charge in [-0.2, -0.15) is 0 Å². The number of pyridine rings is 1. The van der Waals surface area contributed by atoms with Gasteiger partial charge in [-0.1, -0.05) is 141 Å².